The van der Waals surface area contributed by atoms with Crippen molar-refractivity contribution < 1.29 is 14.3 Å². The third-order valence-electron chi connectivity index (χ3n) is 3.87. The summed E-state index contributed by atoms with van der Waals surface area (Å²) in [5.41, 5.74) is 2.62. The molecule has 0 radical (unpaired) electrons. The zero-order valence-corrected chi connectivity index (χ0v) is 14.4. The van der Waals surface area contributed by atoms with Crippen LogP contribution < -0.4 is 10.1 Å². The maximum atomic E-state index is 9.51. The summed E-state index contributed by atoms with van der Waals surface area (Å²) >= 11 is 0. The van der Waals surface area contributed by atoms with Crippen molar-refractivity contribution in [3.63, 3.8) is 0 Å². The second-order valence-corrected chi connectivity index (χ2v) is 5.71. The lowest BCUT2D eigenvalue weighted by molar-refractivity contribution is 0.267. The van der Waals surface area contributed by atoms with Crippen LogP contribution in [0.2, 0.25) is 0 Å². The van der Waals surface area contributed by atoms with Crippen LogP contribution >= 0.6 is 0 Å². The molecule has 1 heterocycles. The highest BCUT2D eigenvalue weighted by molar-refractivity contribution is 5.56. The van der Waals surface area contributed by atoms with E-state index in [1.807, 2.05) is 62.4 Å². The molecule has 3 aromatic rings. The van der Waals surface area contributed by atoms with Gasteiger partial charge >= 0.3 is 0 Å². The van der Waals surface area contributed by atoms with Gasteiger partial charge in [-0.05, 0) is 32.0 Å². The van der Waals surface area contributed by atoms with Crippen molar-refractivity contribution in [2.24, 2.45) is 0 Å². The van der Waals surface area contributed by atoms with Crippen LogP contribution in [0.3, 0.4) is 0 Å². The molecule has 0 aliphatic carbocycles. The van der Waals surface area contributed by atoms with Crippen molar-refractivity contribution in [2.45, 2.75) is 26.5 Å². The number of rotatable bonds is 7. The van der Waals surface area contributed by atoms with Crippen molar-refractivity contribution in [3.05, 3.63) is 66.2 Å². The molecule has 2 aromatic carbocycles. The summed E-state index contributed by atoms with van der Waals surface area (Å²) in [6.45, 7) is 4.39. The average molecular weight is 338 g/mol. The maximum absolute atomic E-state index is 9.51. The van der Waals surface area contributed by atoms with Gasteiger partial charge in [0.2, 0.25) is 5.89 Å². The lowest BCUT2D eigenvalue weighted by atomic mass is 10.1. The quantitative estimate of drug-likeness (QED) is 0.668. The fraction of sp³-hybridized carbons (Fsp3) is 0.250. The Balaban J connectivity index is 1.74. The minimum absolute atomic E-state index is 0.0730. The third kappa shape index (κ3) is 4.00. The first-order valence-electron chi connectivity index (χ1n) is 8.35. The molecule has 2 N–H and O–H groups in total. The maximum Gasteiger partial charge on any atom is 0.217 e. The molecule has 1 atom stereocenters. The van der Waals surface area contributed by atoms with Gasteiger partial charge in [0.1, 0.15) is 11.8 Å². The highest BCUT2D eigenvalue weighted by atomic mass is 16.5. The number of nitrogens with zero attached hydrogens (tertiary/aromatic N) is 1. The second-order valence-electron chi connectivity index (χ2n) is 5.71. The molecule has 1 unspecified atom stereocenters. The Kier molecular flexibility index (Phi) is 5.36. The monoisotopic (exact) mass is 338 g/mol. The molecule has 3 rings (SSSR count). The minimum Gasteiger partial charge on any atom is -0.494 e. The van der Waals surface area contributed by atoms with Crippen molar-refractivity contribution in [2.75, 3.05) is 11.9 Å². The van der Waals surface area contributed by atoms with Crippen LogP contribution in [0.1, 0.15) is 31.3 Å². The van der Waals surface area contributed by atoms with E-state index in [0.717, 1.165) is 22.6 Å². The Morgan fingerprint density at radius 3 is 2.72 bits per heavy atom. The van der Waals surface area contributed by atoms with Gasteiger partial charge in [0.05, 0.1) is 19.4 Å². The number of benzene rings is 2. The van der Waals surface area contributed by atoms with Gasteiger partial charge in [-0.2, -0.15) is 0 Å². The van der Waals surface area contributed by atoms with E-state index in [-0.39, 0.29) is 12.6 Å². The van der Waals surface area contributed by atoms with E-state index in [0.29, 0.717) is 18.2 Å². The number of nitrogens with one attached hydrogen (secondary N) is 1. The van der Waals surface area contributed by atoms with Gasteiger partial charge in [0.15, 0.2) is 5.76 Å². The molecular formula is C20H22N2O3. The molecule has 1 aromatic heterocycles. The largest absolute Gasteiger partial charge is 0.494 e. The van der Waals surface area contributed by atoms with E-state index in [1.54, 1.807) is 6.20 Å². The van der Waals surface area contributed by atoms with Crippen LogP contribution in [0.4, 0.5) is 5.69 Å². The first-order chi connectivity index (χ1) is 12.2. The topological polar surface area (TPSA) is 67.5 Å². The molecular weight excluding hydrogens is 316 g/mol. The summed E-state index contributed by atoms with van der Waals surface area (Å²) in [5.74, 6) is 2.05. The van der Waals surface area contributed by atoms with Crippen LogP contribution in [0, 0.1) is 0 Å². The number of aromatic nitrogens is 1. The Hall–Kier alpha value is -2.79. The number of aliphatic hydroxyl groups excluding tert-OH is 1. The number of hydrogen-bond acceptors (Lipinski definition) is 5. The predicted molar refractivity (Wildman–Crippen MR) is 97.5 cm³/mol. The standard InChI is InChI=1S/C20H22N2O3/c1-3-24-18-10-9-17(11-16(18)13-23)22-14(2)20-21-12-19(25-20)15-7-5-4-6-8-15/h4-12,14,22-23H,3,13H2,1-2H3. The molecule has 0 fully saturated rings. The SMILES string of the molecule is CCOc1ccc(NC(C)c2ncc(-c3ccccc3)o2)cc1CO. The minimum atomic E-state index is -0.109. The number of oxazole rings is 1. The lowest BCUT2D eigenvalue weighted by Crippen LogP contribution is -2.07. The van der Waals surface area contributed by atoms with E-state index >= 15 is 0 Å². The first kappa shape index (κ1) is 17.0. The normalized spacial score (nSPS) is 12.0. The van der Waals surface area contributed by atoms with Crippen LogP contribution in [0.5, 0.6) is 5.75 Å². The van der Waals surface area contributed by atoms with Gasteiger partial charge < -0.3 is 19.6 Å². The van der Waals surface area contributed by atoms with Gasteiger partial charge in [-0.15, -0.1) is 0 Å². The summed E-state index contributed by atoms with van der Waals surface area (Å²) < 4.78 is 11.4. The Morgan fingerprint density at radius 2 is 2.00 bits per heavy atom. The molecule has 0 saturated heterocycles. The fourth-order valence-electron chi connectivity index (χ4n) is 2.62. The zero-order chi connectivity index (χ0) is 17.6. The van der Waals surface area contributed by atoms with Crippen molar-refractivity contribution >= 4 is 5.69 Å². The number of aliphatic hydroxyl groups is 1. The second kappa shape index (κ2) is 7.85. The Morgan fingerprint density at radius 1 is 1.20 bits per heavy atom. The molecule has 130 valence electrons. The van der Waals surface area contributed by atoms with E-state index in [1.165, 1.54) is 0 Å². The zero-order valence-electron chi connectivity index (χ0n) is 14.4. The van der Waals surface area contributed by atoms with Gasteiger partial charge in [-0.1, -0.05) is 30.3 Å². The fourth-order valence-corrected chi connectivity index (χ4v) is 2.62. The van der Waals surface area contributed by atoms with Crippen molar-refractivity contribution in [3.8, 4) is 17.1 Å². The third-order valence-corrected chi connectivity index (χ3v) is 3.87. The number of ether oxygens (including phenoxy) is 1. The molecule has 0 aliphatic heterocycles. The molecule has 0 spiro atoms. The molecule has 0 bridgehead atoms. The molecule has 5 nitrogen and oxygen atoms in total. The van der Waals surface area contributed by atoms with Crippen LogP contribution in [0.15, 0.2) is 59.1 Å². The summed E-state index contributed by atoms with van der Waals surface area (Å²) in [4.78, 5) is 4.37. The van der Waals surface area contributed by atoms with E-state index in [2.05, 4.69) is 10.3 Å². The molecule has 0 aliphatic rings. The Labute approximate surface area is 147 Å². The van der Waals surface area contributed by atoms with Crippen LogP contribution in [-0.4, -0.2) is 16.7 Å². The van der Waals surface area contributed by atoms with Crippen LogP contribution in [-0.2, 0) is 6.61 Å². The van der Waals surface area contributed by atoms with Crippen LogP contribution in [0.25, 0.3) is 11.3 Å². The number of anilines is 1. The highest BCUT2D eigenvalue weighted by Crippen LogP contribution is 2.27. The molecule has 0 saturated carbocycles. The van der Waals surface area contributed by atoms with Crippen molar-refractivity contribution in [1.29, 1.82) is 0 Å². The first-order valence-corrected chi connectivity index (χ1v) is 8.35. The predicted octanol–water partition coefficient (Wildman–Crippen LogP) is 4.41. The molecule has 5 heteroatoms. The Bertz CT molecular complexity index is 815. The average Bonchev–Trinajstić information content (AvgIpc) is 3.14. The van der Waals surface area contributed by atoms with E-state index in [4.69, 9.17) is 9.15 Å². The highest BCUT2D eigenvalue weighted by Gasteiger charge is 2.14. The van der Waals surface area contributed by atoms with E-state index < -0.39 is 0 Å². The lowest BCUT2D eigenvalue weighted by Gasteiger charge is -2.15. The summed E-state index contributed by atoms with van der Waals surface area (Å²) in [7, 11) is 0. The summed E-state index contributed by atoms with van der Waals surface area (Å²) in [6.07, 6.45) is 1.74. The van der Waals surface area contributed by atoms with Gasteiger partial charge in [0.25, 0.3) is 0 Å². The van der Waals surface area contributed by atoms with Gasteiger partial charge in [-0.3, -0.25) is 0 Å². The number of hydrogen-bond donors (Lipinski definition) is 2. The van der Waals surface area contributed by atoms with Crippen molar-refractivity contribution in [1.82, 2.24) is 4.98 Å². The summed E-state index contributed by atoms with van der Waals surface area (Å²) in [6, 6.07) is 15.4. The smallest absolute Gasteiger partial charge is 0.217 e. The molecule has 25 heavy (non-hydrogen) atoms. The van der Waals surface area contributed by atoms with Gasteiger partial charge in [0, 0.05) is 16.8 Å². The van der Waals surface area contributed by atoms with Gasteiger partial charge in [-0.25, -0.2) is 4.98 Å². The summed E-state index contributed by atoms with van der Waals surface area (Å²) in [5, 5.41) is 12.9. The molecule has 0 amide bonds. The van der Waals surface area contributed by atoms with E-state index in [9.17, 15) is 5.11 Å².